The molecule has 0 atom stereocenters. The molecule has 6 heteroatoms. The summed E-state index contributed by atoms with van der Waals surface area (Å²) in [6.45, 7) is -0.396. The lowest BCUT2D eigenvalue weighted by Crippen LogP contribution is -2.46. The molecule has 0 saturated carbocycles. The third-order valence-corrected chi connectivity index (χ3v) is 2.19. The van der Waals surface area contributed by atoms with E-state index in [-0.39, 0.29) is 6.41 Å². The van der Waals surface area contributed by atoms with E-state index < -0.39 is 18.5 Å². The van der Waals surface area contributed by atoms with E-state index in [1.807, 2.05) is 0 Å². The molecule has 0 aliphatic carbocycles. The maximum atomic E-state index is 11.8. The van der Waals surface area contributed by atoms with E-state index >= 15 is 0 Å². The van der Waals surface area contributed by atoms with Crippen LogP contribution in [0.3, 0.4) is 0 Å². The summed E-state index contributed by atoms with van der Waals surface area (Å²) in [5.41, 5.74) is 5.68. The third kappa shape index (κ3) is 2.88. The molecule has 1 rings (SSSR count). The molecular weight excluding hydrogens is 222 g/mol. The van der Waals surface area contributed by atoms with E-state index in [9.17, 15) is 14.4 Å². The molecule has 17 heavy (non-hydrogen) atoms. The Kier molecular flexibility index (Phi) is 4.36. The zero-order chi connectivity index (χ0) is 12.8. The fourth-order valence-electron chi connectivity index (χ4n) is 1.23. The number of nitrogens with two attached hydrogens (primary N) is 1. The molecule has 2 N–H and O–H groups in total. The number of urea groups is 1. The normalized spacial score (nSPS) is 9.53. The number of carbonyl (C=O) groups excluding carboxylic acids is 3. The average molecular weight is 235 g/mol. The molecule has 0 heterocycles. The van der Waals surface area contributed by atoms with Crippen LogP contribution in [0.5, 0.6) is 0 Å². The summed E-state index contributed by atoms with van der Waals surface area (Å²) in [7, 11) is 1.47. The number of amides is 4. The number of hydrogen-bond acceptors (Lipinski definition) is 4. The van der Waals surface area contributed by atoms with Gasteiger partial charge in [0, 0.05) is 12.7 Å². The molecular formula is C11H13N3O3. The van der Waals surface area contributed by atoms with Crippen LogP contribution < -0.4 is 10.6 Å². The molecule has 0 spiro atoms. The molecule has 0 aliphatic heterocycles. The van der Waals surface area contributed by atoms with Crippen LogP contribution in [0.25, 0.3) is 0 Å². The van der Waals surface area contributed by atoms with Crippen molar-refractivity contribution in [3.8, 4) is 0 Å². The SMILES string of the molecule is CN(C(=O)N(C=O)C(=O)CN)c1ccccc1. The zero-order valence-electron chi connectivity index (χ0n) is 9.37. The number of hydrogen-bond donors (Lipinski definition) is 1. The van der Waals surface area contributed by atoms with Gasteiger partial charge in [0.15, 0.2) is 0 Å². The highest BCUT2D eigenvalue weighted by atomic mass is 16.2. The van der Waals surface area contributed by atoms with E-state index in [0.29, 0.717) is 10.6 Å². The van der Waals surface area contributed by atoms with Crippen LogP contribution in [0.15, 0.2) is 30.3 Å². The lowest BCUT2D eigenvalue weighted by Gasteiger charge is -2.21. The minimum Gasteiger partial charge on any atom is -0.322 e. The van der Waals surface area contributed by atoms with Crippen LogP contribution in [0.1, 0.15) is 0 Å². The minimum absolute atomic E-state index is 0.164. The number of nitrogens with zero attached hydrogens (tertiary/aromatic N) is 2. The first kappa shape index (κ1) is 12.9. The second kappa shape index (κ2) is 5.76. The van der Waals surface area contributed by atoms with Gasteiger partial charge in [0.05, 0.1) is 6.54 Å². The van der Waals surface area contributed by atoms with Gasteiger partial charge in [-0.3, -0.25) is 14.5 Å². The van der Waals surface area contributed by atoms with Gasteiger partial charge in [-0.2, -0.15) is 0 Å². The van der Waals surface area contributed by atoms with Gasteiger partial charge in [0.2, 0.25) is 6.41 Å². The van der Waals surface area contributed by atoms with Crippen LogP contribution in [0.4, 0.5) is 10.5 Å². The first-order valence-corrected chi connectivity index (χ1v) is 4.92. The highest BCUT2D eigenvalue weighted by molar-refractivity contribution is 6.10. The highest BCUT2D eigenvalue weighted by Gasteiger charge is 2.23. The van der Waals surface area contributed by atoms with Crippen molar-refractivity contribution in [3.05, 3.63) is 30.3 Å². The summed E-state index contributed by atoms with van der Waals surface area (Å²) >= 11 is 0. The number of carbonyl (C=O) groups is 3. The van der Waals surface area contributed by atoms with Crippen molar-refractivity contribution in [1.82, 2.24) is 4.90 Å². The maximum Gasteiger partial charge on any atom is 0.337 e. The predicted octanol–water partition coefficient (Wildman–Crippen LogP) is 0.187. The quantitative estimate of drug-likeness (QED) is 0.758. The molecule has 0 fully saturated rings. The molecule has 4 amide bonds. The number of rotatable bonds is 3. The Morgan fingerprint density at radius 1 is 1.29 bits per heavy atom. The van der Waals surface area contributed by atoms with Crippen LogP contribution >= 0.6 is 0 Å². The van der Waals surface area contributed by atoms with Gasteiger partial charge in [0.25, 0.3) is 5.91 Å². The summed E-state index contributed by atoms with van der Waals surface area (Å²) < 4.78 is 0. The molecule has 0 aromatic heterocycles. The van der Waals surface area contributed by atoms with Crippen LogP contribution in [-0.4, -0.2) is 36.8 Å². The lowest BCUT2D eigenvalue weighted by molar-refractivity contribution is -0.133. The topological polar surface area (TPSA) is 83.7 Å². The van der Waals surface area contributed by atoms with Gasteiger partial charge < -0.3 is 5.73 Å². The largest absolute Gasteiger partial charge is 0.337 e. The summed E-state index contributed by atoms with van der Waals surface area (Å²) in [4.78, 5) is 35.4. The maximum absolute atomic E-state index is 11.8. The summed E-state index contributed by atoms with van der Waals surface area (Å²) in [5.74, 6) is -0.743. The van der Waals surface area contributed by atoms with Gasteiger partial charge in [-0.1, -0.05) is 18.2 Å². The molecule has 1 aromatic carbocycles. The standard InChI is InChI=1S/C11H13N3O3/c1-13(9-5-3-2-4-6-9)11(17)14(8-15)10(16)7-12/h2-6,8H,7,12H2,1H3. The monoisotopic (exact) mass is 235 g/mol. The molecule has 0 unspecified atom stereocenters. The molecule has 0 aliphatic rings. The highest BCUT2D eigenvalue weighted by Crippen LogP contribution is 2.12. The molecule has 0 radical (unpaired) electrons. The van der Waals surface area contributed by atoms with Crippen molar-refractivity contribution in [2.45, 2.75) is 0 Å². The number of benzene rings is 1. The van der Waals surface area contributed by atoms with Crippen molar-refractivity contribution in [2.24, 2.45) is 5.73 Å². The Bertz CT molecular complexity index is 419. The Morgan fingerprint density at radius 3 is 2.35 bits per heavy atom. The lowest BCUT2D eigenvalue weighted by atomic mass is 10.3. The number of para-hydroxylation sites is 1. The van der Waals surface area contributed by atoms with E-state index in [1.54, 1.807) is 30.3 Å². The Morgan fingerprint density at radius 2 is 1.88 bits per heavy atom. The third-order valence-electron chi connectivity index (χ3n) is 2.19. The van der Waals surface area contributed by atoms with Crippen molar-refractivity contribution >= 4 is 24.0 Å². The smallest absolute Gasteiger partial charge is 0.322 e. The van der Waals surface area contributed by atoms with Gasteiger partial charge >= 0.3 is 6.03 Å². The van der Waals surface area contributed by atoms with Crippen LogP contribution in [0, 0.1) is 0 Å². The average Bonchev–Trinajstić information content (AvgIpc) is 2.39. The number of anilines is 1. The van der Waals surface area contributed by atoms with Gasteiger partial charge in [-0.05, 0) is 12.1 Å². The van der Waals surface area contributed by atoms with Crippen molar-refractivity contribution < 1.29 is 14.4 Å². The molecule has 0 bridgehead atoms. The fourth-order valence-corrected chi connectivity index (χ4v) is 1.23. The van der Waals surface area contributed by atoms with Gasteiger partial charge in [-0.25, -0.2) is 9.69 Å². The summed E-state index contributed by atoms with van der Waals surface area (Å²) in [6, 6.07) is 7.93. The van der Waals surface area contributed by atoms with E-state index in [4.69, 9.17) is 5.73 Å². The van der Waals surface area contributed by atoms with E-state index in [0.717, 1.165) is 0 Å². The second-order valence-corrected chi connectivity index (χ2v) is 3.25. The number of imide groups is 3. The second-order valence-electron chi connectivity index (χ2n) is 3.25. The molecule has 0 saturated heterocycles. The van der Waals surface area contributed by atoms with Crippen molar-refractivity contribution in [3.63, 3.8) is 0 Å². The fraction of sp³-hybridized carbons (Fsp3) is 0.182. The minimum atomic E-state index is -0.743. The molecule has 90 valence electrons. The van der Waals surface area contributed by atoms with Crippen LogP contribution in [-0.2, 0) is 9.59 Å². The van der Waals surface area contributed by atoms with Gasteiger partial charge in [0.1, 0.15) is 0 Å². The zero-order valence-corrected chi connectivity index (χ0v) is 9.37. The van der Waals surface area contributed by atoms with Gasteiger partial charge in [-0.15, -0.1) is 0 Å². The van der Waals surface area contributed by atoms with Crippen LogP contribution in [0.2, 0.25) is 0 Å². The Balaban J connectivity index is 2.89. The first-order valence-electron chi connectivity index (χ1n) is 4.92. The molecule has 1 aromatic rings. The summed E-state index contributed by atoms with van der Waals surface area (Å²) in [5, 5.41) is 0. The Labute approximate surface area is 98.6 Å². The predicted molar refractivity (Wildman–Crippen MR) is 62.2 cm³/mol. The Hall–Kier alpha value is -2.21. The van der Waals surface area contributed by atoms with Crippen molar-refractivity contribution in [2.75, 3.05) is 18.5 Å². The molecule has 6 nitrogen and oxygen atoms in total. The summed E-state index contributed by atoms with van der Waals surface area (Å²) in [6.07, 6.45) is 0.164. The first-order chi connectivity index (χ1) is 8.11. The van der Waals surface area contributed by atoms with Crippen molar-refractivity contribution in [1.29, 1.82) is 0 Å². The van der Waals surface area contributed by atoms with E-state index in [1.165, 1.54) is 11.9 Å². The van der Waals surface area contributed by atoms with E-state index in [2.05, 4.69) is 0 Å².